The van der Waals surface area contributed by atoms with E-state index in [1.54, 1.807) is 0 Å². The Balaban J connectivity index is 2.14. The lowest BCUT2D eigenvalue weighted by Crippen LogP contribution is -2.01. The van der Waals surface area contributed by atoms with Crippen LogP contribution >= 0.6 is 0 Å². The highest BCUT2D eigenvalue weighted by atomic mass is 16.5. The first-order valence-electron chi connectivity index (χ1n) is 3.05. The summed E-state index contributed by atoms with van der Waals surface area (Å²) in [6, 6.07) is 0.264. The first-order chi connectivity index (χ1) is 3.43. The highest BCUT2D eigenvalue weighted by Gasteiger charge is 2.07. The molecule has 0 aromatic heterocycles. The van der Waals surface area contributed by atoms with E-state index in [1.807, 2.05) is 0 Å². The number of rotatable bonds is 1. The first-order valence-corrected chi connectivity index (χ1v) is 2.34. The van der Waals surface area contributed by atoms with Crippen molar-refractivity contribution >= 4 is 7.81 Å². The zero-order valence-corrected chi connectivity index (χ0v) is 3.81. The summed E-state index contributed by atoms with van der Waals surface area (Å²) in [5.74, 6) is 0. The van der Waals surface area contributed by atoms with Crippen molar-refractivity contribution in [2.75, 3.05) is 6.61 Å². The number of ether oxygens (including phenoxy) is 1. The van der Waals surface area contributed by atoms with Crippen molar-refractivity contribution in [3.05, 3.63) is 0 Å². The summed E-state index contributed by atoms with van der Waals surface area (Å²) < 4.78 is 12.0. The lowest BCUT2D eigenvalue weighted by atomic mass is 9.98. The van der Waals surface area contributed by atoms with Gasteiger partial charge in [0.25, 0.3) is 0 Å². The highest BCUT2D eigenvalue weighted by Crippen LogP contribution is 2.06. The van der Waals surface area contributed by atoms with Crippen LogP contribution in [0.2, 0.25) is 0 Å². The van der Waals surface area contributed by atoms with E-state index in [9.17, 15) is 0 Å². The van der Waals surface area contributed by atoms with Gasteiger partial charge in [0.1, 0.15) is 7.81 Å². The molecule has 1 nitrogen and oxygen atoms in total. The molecule has 0 spiro atoms. The standard InChI is InChI=1S/C4H9BO/c5-4-2-1-3-6-4/h4H,1-3,5H2/i5D. The Morgan fingerprint density at radius 1 is 2.00 bits per heavy atom. The molecule has 0 aromatic carbocycles. The van der Waals surface area contributed by atoms with Gasteiger partial charge in [0.05, 0.1) is 0 Å². The molecule has 1 atom stereocenters. The molecule has 0 amide bonds. The van der Waals surface area contributed by atoms with Gasteiger partial charge in [-0.25, -0.2) is 0 Å². The van der Waals surface area contributed by atoms with Crippen molar-refractivity contribution < 1.29 is 4.74 Å². The average Bonchev–Trinajstić information content (AvgIpc) is 2.14. The summed E-state index contributed by atoms with van der Waals surface area (Å²) >= 11 is 0. The Kier molecular flexibility index (Phi) is 0.848. The largest absolute Gasteiger partial charge is 0.387 e. The molecule has 1 fully saturated rings. The third kappa shape index (κ3) is 0.746. The van der Waals surface area contributed by atoms with E-state index in [0.29, 0.717) is 7.81 Å². The maximum absolute atomic E-state index is 6.87. The average molecular weight is 84.9 g/mol. The number of hydrogen-bond acceptors (Lipinski definition) is 1. The molecule has 34 valence electrons. The van der Waals surface area contributed by atoms with Crippen LogP contribution in [0.3, 0.4) is 0 Å². The predicted octanol–water partition coefficient (Wildman–Crippen LogP) is -0.244. The normalized spacial score (nSPS) is 36.0. The quantitative estimate of drug-likeness (QED) is 0.399. The van der Waals surface area contributed by atoms with Gasteiger partial charge in [-0.05, 0) is 14.2 Å². The van der Waals surface area contributed by atoms with Crippen LogP contribution in [0, 0.1) is 0 Å². The van der Waals surface area contributed by atoms with E-state index in [1.165, 1.54) is 0 Å². The third-order valence-electron chi connectivity index (χ3n) is 1.02. The fourth-order valence-electron chi connectivity index (χ4n) is 0.644. The van der Waals surface area contributed by atoms with Crippen molar-refractivity contribution in [2.45, 2.75) is 18.8 Å². The van der Waals surface area contributed by atoms with Crippen LogP contribution in [-0.2, 0) is 4.74 Å². The second kappa shape index (κ2) is 1.65. The molecule has 1 unspecified atom stereocenters. The van der Waals surface area contributed by atoms with E-state index in [4.69, 9.17) is 6.07 Å². The van der Waals surface area contributed by atoms with Crippen molar-refractivity contribution in [3.63, 3.8) is 0 Å². The molecule has 0 aromatic rings. The van der Waals surface area contributed by atoms with Crippen LogP contribution in [0.1, 0.15) is 12.8 Å². The monoisotopic (exact) mass is 85.1 g/mol. The van der Waals surface area contributed by atoms with E-state index < -0.39 is 0 Å². The van der Waals surface area contributed by atoms with Gasteiger partial charge in [-0.15, -0.1) is 0 Å². The van der Waals surface area contributed by atoms with E-state index >= 15 is 0 Å². The van der Waals surface area contributed by atoms with E-state index in [2.05, 4.69) is 0 Å². The Morgan fingerprint density at radius 3 is 3.33 bits per heavy atom. The fourth-order valence-corrected chi connectivity index (χ4v) is 0.644. The third-order valence-corrected chi connectivity index (χ3v) is 1.02. The van der Waals surface area contributed by atoms with Gasteiger partial charge >= 0.3 is 0 Å². The molecule has 1 saturated heterocycles. The van der Waals surface area contributed by atoms with Crippen molar-refractivity contribution in [1.29, 1.82) is 1.34 Å². The lowest BCUT2D eigenvalue weighted by Gasteiger charge is -1.94. The summed E-state index contributed by atoms with van der Waals surface area (Å²) in [7, 11) is 0.444. The second-order valence-electron chi connectivity index (χ2n) is 1.64. The zero-order valence-electron chi connectivity index (χ0n) is 4.81. The molecule has 1 rings (SSSR count). The molecule has 0 N–H and O–H groups in total. The Hall–Kier alpha value is 0.0249. The molecular formula is C4H9BO. The van der Waals surface area contributed by atoms with Gasteiger partial charge in [-0.1, -0.05) is 0 Å². The van der Waals surface area contributed by atoms with E-state index in [0.717, 1.165) is 19.4 Å². The summed E-state index contributed by atoms with van der Waals surface area (Å²) in [6.07, 6.45) is 2.26. The highest BCUT2D eigenvalue weighted by molar-refractivity contribution is 6.11. The molecule has 0 saturated carbocycles. The van der Waals surface area contributed by atoms with Gasteiger partial charge < -0.3 is 4.74 Å². The summed E-state index contributed by atoms with van der Waals surface area (Å²) in [5, 5.41) is 0. The SMILES string of the molecule is [2H]BC1CCCO1. The Morgan fingerprint density at radius 2 is 3.00 bits per heavy atom. The molecule has 1 aliphatic heterocycles. The van der Waals surface area contributed by atoms with Gasteiger partial charge in [0.15, 0.2) is 0 Å². The van der Waals surface area contributed by atoms with Gasteiger partial charge in [-0.3, -0.25) is 0 Å². The minimum absolute atomic E-state index is 0.264. The predicted molar refractivity (Wildman–Crippen MR) is 27.5 cm³/mol. The summed E-state index contributed by atoms with van der Waals surface area (Å²) in [5.41, 5.74) is 0. The summed E-state index contributed by atoms with van der Waals surface area (Å²) in [6.45, 7) is 0.879. The minimum atomic E-state index is 0.264. The van der Waals surface area contributed by atoms with Crippen LogP contribution in [0.25, 0.3) is 0 Å². The van der Waals surface area contributed by atoms with Crippen molar-refractivity contribution in [2.24, 2.45) is 0 Å². The fraction of sp³-hybridized carbons (Fsp3) is 1.00. The van der Waals surface area contributed by atoms with Gasteiger partial charge in [-0.2, -0.15) is 0 Å². The minimum Gasteiger partial charge on any atom is -0.387 e. The van der Waals surface area contributed by atoms with Crippen LogP contribution in [0.5, 0.6) is 0 Å². The molecule has 2 heteroatoms. The van der Waals surface area contributed by atoms with Gasteiger partial charge in [0.2, 0.25) is 0 Å². The summed E-state index contributed by atoms with van der Waals surface area (Å²) in [4.78, 5) is 0. The molecule has 1 aliphatic rings. The van der Waals surface area contributed by atoms with Gasteiger partial charge in [0, 0.05) is 12.6 Å². The smallest absolute Gasteiger partial charge is 0.139 e. The molecule has 0 bridgehead atoms. The number of hydrogen-bond donors (Lipinski definition) is 0. The molecule has 0 radical (unpaired) electrons. The van der Waals surface area contributed by atoms with Crippen LogP contribution in [-0.4, -0.2) is 21.8 Å². The molecule has 6 heavy (non-hydrogen) atoms. The maximum atomic E-state index is 6.87. The van der Waals surface area contributed by atoms with E-state index in [-0.39, 0.29) is 6.00 Å². The Bertz CT molecular complexity index is 53.7. The molecule has 0 aliphatic carbocycles. The van der Waals surface area contributed by atoms with Crippen LogP contribution in [0.4, 0.5) is 0 Å². The molecule has 1 heterocycles. The Labute approximate surface area is 40.5 Å². The van der Waals surface area contributed by atoms with Crippen LogP contribution in [0.15, 0.2) is 0 Å². The zero-order chi connectivity index (χ0) is 5.11. The van der Waals surface area contributed by atoms with Crippen molar-refractivity contribution in [3.8, 4) is 0 Å². The topological polar surface area (TPSA) is 9.23 Å². The van der Waals surface area contributed by atoms with Crippen molar-refractivity contribution in [1.82, 2.24) is 0 Å². The molecular weight excluding hydrogens is 74.9 g/mol. The maximum Gasteiger partial charge on any atom is 0.139 e. The lowest BCUT2D eigenvalue weighted by molar-refractivity contribution is 0.168. The second-order valence-corrected chi connectivity index (χ2v) is 1.64. The first kappa shape index (κ1) is 3.08. The van der Waals surface area contributed by atoms with Crippen LogP contribution < -0.4 is 0 Å².